The van der Waals surface area contributed by atoms with E-state index in [2.05, 4.69) is 10.00 Å². The van der Waals surface area contributed by atoms with Crippen molar-refractivity contribution < 1.29 is 9.59 Å². The Bertz CT molecular complexity index is 734. The van der Waals surface area contributed by atoms with Crippen molar-refractivity contribution in [3.63, 3.8) is 0 Å². The molecule has 1 aliphatic heterocycles. The van der Waals surface area contributed by atoms with E-state index in [1.54, 1.807) is 0 Å². The molecule has 0 atom stereocenters. The summed E-state index contributed by atoms with van der Waals surface area (Å²) in [6, 6.07) is 9.65. The lowest BCUT2D eigenvalue weighted by Crippen LogP contribution is -2.19. The first-order valence-electron chi connectivity index (χ1n) is 7.70. The van der Waals surface area contributed by atoms with E-state index >= 15 is 0 Å². The van der Waals surface area contributed by atoms with E-state index in [4.69, 9.17) is 0 Å². The number of nitrogens with zero attached hydrogens (tertiary/aromatic N) is 3. The summed E-state index contributed by atoms with van der Waals surface area (Å²) in [4.78, 5) is 26.8. The zero-order chi connectivity index (χ0) is 16.4. The third kappa shape index (κ3) is 3.17. The Hall–Kier alpha value is -2.08. The molecule has 3 rings (SSSR count). The highest BCUT2D eigenvalue weighted by Gasteiger charge is 2.27. The average Bonchev–Trinajstić information content (AvgIpc) is 3.15. The lowest BCUT2D eigenvalue weighted by Gasteiger charge is -2.15. The average molecular weight is 329 g/mol. The molecule has 0 spiro atoms. The van der Waals surface area contributed by atoms with E-state index in [0.29, 0.717) is 5.69 Å². The summed E-state index contributed by atoms with van der Waals surface area (Å²) in [5.74, 6) is 0.594. The minimum atomic E-state index is -0.153. The van der Waals surface area contributed by atoms with Crippen molar-refractivity contribution in [3.8, 4) is 11.3 Å². The van der Waals surface area contributed by atoms with Gasteiger partial charge in [0.15, 0.2) is 10.9 Å². The van der Waals surface area contributed by atoms with Crippen molar-refractivity contribution in [1.29, 1.82) is 0 Å². The number of carbonyl (C=O) groups is 2. The lowest BCUT2D eigenvalue weighted by molar-refractivity contribution is -0.109. The normalized spacial score (nSPS) is 14.3. The highest BCUT2D eigenvalue weighted by Crippen LogP contribution is 2.40. The van der Waals surface area contributed by atoms with Gasteiger partial charge in [-0.05, 0) is 24.6 Å². The number of aromatic nitrogens is 2. The number of benzene rings is 1. The molecular weight excluding hydrogens is 310 g/mol. The molecule has 0 N–H and O–H groups in total. The molecule has 120 valence electrons. The molecule has 1 aromatic carbocycles. The molecule has 0 unspecified atom stereocenters. The van der Waals surface area contributed by atoms with Gasteiger partial charge in [0.25, 0.3) is 0 Å². The maximum atomic E-state index is 12.1. The van der Waals surface area contributed by atoms with Crippen LogP contribution in [-0.2, 0) is 4.79 Å². The van der Waals surface area contributed by atoms with Crippen LogP contribution >= 0.6 is 11.8 Å². The minimum absolute atomic E-state index is 0.00858. The molecule has 1 aromatic heterocycles. The van der Waals surface area contributed by atoms with Crippen molar-refractivity contribution in [1.82, 2.24) is 9.78 Å². The number of anilines is 1. The van der Waals surface area contributed by atoms with E-state index in [9.17, 15) is 9.59 Å². The van der Waals surface area contributed by atoms with Crippen molar-refractivity contribution in [2.45, 2.75) is 31.6 Å². The van der Waals surface area contributed by atoms with E-state index in [-0.39, 0.29) is 11.0 Å². The molecule has 0 amide bonds. The molecule has 0 radical (unpaired) electrons. The van der Waals surface area contributed by atoms with Crippen LogP contribution in [0.25, 0.3) is 11.3 Å². The summed E-state index contributed by atoms with van der Waals surface area (Å²) in [6.07, 6.45) is 2.22. The van der Waals surface area contributed by atoms with Gasteiger partial charge in [-0.15, -0.1) is 5.10 Å². The highest BCUT2D eigenvalue weighted by molar-refractivity contribution is 8.13. The SMILES string of the molecule is CC(=O)Sc1c(N2CCCC2)nn(C(C)=O)c1-c1ccccc1. The van der Waals surface area contributed by atoms with Gasteiger partial charge in [0, 0.05) is 32.5 Å². The van der Waals surface area contributed by atoms with Gasteiger partial charge in [0.05, 0.1) is 10.6 Å². The Kier molecular flexibility index (Phi) is 4.52. The van der Waals surface area contributed by atoms with E-state index in [1.165, 1.54) is 18.5 Å². The summed E-state index contributed by atoms with van der Waals surface area (Å²) in [5.41, 5.74) is 1.60. The van der Waals surface area contributed by atoms with Crippen molar-refractivity contribution in [2.24, 2.45) is 0 Å². The van der Waals surface area contributed by atoms with Crippen molar-refractivity contribution >= 4 is 28.6 Å². The quantitative estimate of drug-likeness (QED) is 0.807. The van der Waals surface area contributed by atoms with Gasteiger partial charge < -0.3 is 4.90 Å². The molecule has 6 heteroatoms. The standard InChI is InChI=1S/C17H19N3O2S/c1-12(21)20-15(14-8-4-3-5-9-14)16(23-13(2)22)17(18-20)19-10-6-7-11-19/h3-5,8-9H,6-7,10-11H2,1-2H3. The van der Waals surface area contributed by atoms with Gasteiger partial charge in [-0.3, -0.25) is 9.59 Å². The van der Waals surface area contributed by atoms with Crippen molar-refractivity contribution in [2.75, 3.05) is 18.0 Å². The minimum Gasteiger partial charge on any atom is -0.354 e. The molecule has 0 saturated carbocycles. The van der Waals surface area contributed by atoms with Crippen LogP contribution in [0.3, 0.4) is 0 Å². The summed E-state index contributed by atoms with van der Waals surface area (Å²) >= 11 is 1.16. The van der Waals surface area contributed by atoms with Crippen LogP contribution in [0.15, 0.2) is 35.2 Å². The second kappa shape index (κ2) is 6.58. The molecule has 1 fully saturated rings. The zero-order valence-corrected chi connectivity index (χ0v) is 14.1. The van der Waals surface area contributed by atoms with Crippen LogP contribution in [0.2, 0.25) is 0 Å². The number of carbonyl (C=O) groups excluding carboxylic acids is 2. The Labute approximate surface area is 139 Å². The molecule has 2 heterocycles. The summed E-state index contributed by atoms with van der Waals surface area (Å²) < 4.78 is 1.42. The van der Waals surface area contributed by atoms with Gasteiger partial charge in [0.2, 0.25) is 5.91 Å². The molecule has 5 nitrogen and oxygen atoms in total. The predicted octanol–water partition coefficient (Wildman–Crippen LogP) is 3.45. The smallest absolute Gasteiger partial charge is 0.244 e. The largest absolute Gasteiger partial charge is 0.354 e. The fourth-order valence-electron chi connectivity index (χ4n) is 2.84. The van der Waals surface area contributed by atoms with Crippen LogP contribution in [0.1, 0.15) is 31.5 Å². The first kappa shape index (κ1) is 15.8. The first-order valence-corrected chi connectivity index (χ1v) is 8.52. The molecule has 0 aliphatic carbocycles. The number of rotatable bonds is 3. The molecule has 0 bridgehead atoms. The number of thioether (sulfide) groups is 1. The maximum Gasteiger partial charge on any atom is 0.244 e. The Balaban J connectivity index is 2.21. The van der Waals surface area contributed by atoms with Crippen molar-refractivity contribution in [3.05, 3.63) is 30.3 Å². The molecule has 23 heavy (non-hydrogen) atoms. The number of hydrogen-bond acceptors (Lipinski definition) is 5. The van der Waals surface area contributed by atoms with Gasteiger partial charge in [0.1, 0.15) is 0 Å². The van der Waals surface area contributed by atoms with Gasteiger partial charge in [-0.1, -0.05) is 30.3 Å². The molecule has 2 aromatic rings. The van der Waals surface area contributed by atoms with Gasteiger partial charge in [-0.2, -0.15) is 4.68 Å². The predicted molar refractivity (Wildman–Crippen MR) is 91.9 cm³/mol. The van der Waals surface area contributed by atoms with Gasteiger partial charge in [-0.25, -0.2) is 0 Å². The monoisotopic (exact) mass is 329 g/mol. The van der Waals surface area contributed by atoms with E-state index in [1.807, 2.05) is 30.3 Å². The molecule has 1 saturated heterocycles. The highest BCUT2D eigenvalue weighted by atomic mass is 32.2. The Morgan fingerprint density at radius 3 is 2.30 bits per heavy atom. The van der Waals surface area contributed by atoms with Crippen LogP contribution in [-0.4, -0.2) is 33.9 Å². The van der Waals surface area contributed by atoms with Gasteiger partial charge >= 0.3 is 0 Å². The van der Waals surface area contributed by atoms with Crippen LogP contribution in [0.4, 0.5) is 5.82 Å². The Morgan fingerprint density at radius 2 is 1.74 bits per heavy atom. The van der Waals surface area contributed by atoms with E-state index in [0.717, 1.165) is 54.0 Å². The summed E-state index contributed by atoms with van der Waals surface area (Å²) in [6.45, 7) is 4.86. The molecular formula is C17H19N3O2S. The maximum absolute atomic E-state index is 12.1. The van der Waals surface area contributed by atoms with Crippen LogP contribution in [0.5, 0.6) is 0 Å². The fourth-order valence-corrected chi connectivity index (χ4v) is 3.69. The van der Waals surface area contributed by atoms with E-state index < -0.39 is 0 Å². The lowest BCUT2D eigenvalue weighted by atomic mass is 10.1. The second-order valence-corrected chi connectivity index (χ2v) is 6.77. The topological polar surface area (TPSA) is 55.2 Å². The third-order valence-corrected chi connectivity index (χ3v) is 4.69. The summed E-state index contributed by atoms with van der Waals surface area (Å²) in [5, 5.41) is 4.53. The third-order valence-electron chi connectivity index (χ3n) is 3.82. The fraction of sp³-hybridized carbons (Fsp3) is 0.353. The zero-order valence-electron chi connectivity index (χ0n) is 13.3. The Morgan fingerprint density at radius 1 is 1.09 bits per heavy atom. The first-order chi connectivity index (χ1) is 11.1. The molecule has 1 aliphatic rings. The van der Waals surface area contributed by atoms with Crippen LogP contribution in [0, 0.1) is 0 Å². The van der Waals surface area contributed by atoms with Crippen LogP contribution < -0.4 is 4.90 Å². The summed E-state index contributed by atoms with van der Waals surface area (Å²) in [7, 11) is 0. The number of hydrogen-bond donors (Lipinski definition) is 0. The second-order valence-electron chi connectivity index (χ2n) is 5.59.